The van der Waals surface area contributed by atoms with Crippen LogP contribution in [0.4, 0.5) is 68.2 Å². The maximum atomic E-state index is 7.35. The third-order valence-corrected chi connectivity index (χ3v) is 29.3. The van der Waals surface area contributed by atoms with E-state index in [-0.39, 0.29) is 10.8 Å². The summed E-state index contributed by atoms with van der Waals surface area (Å²) in [4.78, 5) is 9.90. The number of para-hydroxylation sites is 4. The van der Waals surface area contributed by atoms with E-state index in [9.17, 15) is 0 Å². The summed E-state index contributed by atoms with van der Waals surface area (Å²) in [7, 11) is 0. The minimum atomic E-state index is -4.01. The van der Waals surface area contributed by atoms with Gasteiger partial charge in [0.2, 0.25) is 0 Å². The number of hydrogen-bond donors (Lipinski definition) is 0. The van der Waals surface area contributed by atoms with Gasteiger partial charge in [0, 0.05) is 0 Å². The Kier molecular flexibility index (Phi) is 10.5. The standard InChI is InChI=1S/C78H58GeN4O/c1-77(2)65-44-40-56(80(52-25-12-6-13-26-52)53-27-14-7-15-28-53)47-62(65)63-49-58(42-46-66(63)77)83-69-34-20-33-68-74(69)79(51-23-10-5-11-24-51)75-70(35-21-37-72(75)84-73-38-22-36-71(83)76(73)79)82(68)57-41-45-64-61(48-57)60-43-39-59(50-67(60)78(64,3)4)81(54-29-16-8-17-30-54)55-31-18-9-19-32-55/h5-50H,1-4H3. The molecular formula is C78H58GeN4O. The first-order valence-electron chi connectivity index (χ1n) is 29.3. The molecule has 2 aliphatic carbocycles. The van der Waals surface area contributed by atoms with Crippen molar-refractivity contribution < 1.29 is 4.74 Å². The average Bonchev–Trinajstić information content (AvgIpc) is 0.855. The van der Waals surface area contributed by atoms with Gasteiger partial charge in [-0.1, -0.05) is 72.8 Å². The van der Waals surface area contributed by atoms with Gasteiger partial charge in [-0.3, -0.25) is 0 Å². The number of benzene rings is 12. The average molecular weight is 1140 g/mol. The zero-order valence-corrected chi connectivity index (χ0v) is 49.4. The van der Waals surface area contributed by atoms with Crippen molar-refractivity contribution in [1.29, 1.82) is 0 Å². The predicted molar refractivity (Wildman–Crippen MR) is 351 cm³/mol. The van der Waals surface area contributed by atoms with Crippen LogP contribution in [0, 0.1) is 0 Å². The second-order valence-electron chi connectivity index (χ2n) is 24.0. The Morgan fingerprint density at radius 3 is 1.14 bits per heavy atom. The van der Waals surface area contributed by atoms with E-state index in [1.165, 1.54) is 84.8 Å². The molecular weight excluding hydrogens is 1080 g/mol. The summed E-state index contributed by atoms with van der Waals surface area (Å²) in [5.41, 5.74) is 23.8. The van der Waals surface area contributed by atoms with Gasteiger partial charge in [0.1, 0.15) is 0 Å². The summed E-state index contributed by atoms with van der Waals surface area (Å²) in [6.07, 6.45) is 0. The van der Waals surface area contributed by atoms with E-state index in [0.29, 0.717) is 0 Å². The molecule has 0 fully saturated rings. The molecule has 0 saturated heterocycles. The summed E-state index contributed by atoms with van der Waals surface area (Å²) >= 11 is -4.01. The van der Waals surface area contributed by atoms with Crippen LogP contribution in [-0.2, 0) is 10.8 Å². The second-order valence-corrected chi connectivity index (χ2v) is 31.5. The number of anilines is 12. The summed E-state index contributed by atoms with van der Waals surface area (Å²) in [6, 6.07) is 104. The molecule has 1 unspecified atom stereocenters. The Labute approximate surface area is 493 Å². The minimum absolute atomic E-state index is 0.212. The van der Waals surface area contributed by atoms with Crippen molar-refractivity contribution in [2.75, 3.05) is 19.6 Å². The van der Waals surface area contributed by atoms with Crippen molar-refractivity contribution in [3.63, 3.8) is 0 Å². The van der Waals surface area contributed by atoms with Gasteiger partial charge < -0.3 is 0 Å². The molecule has 5 aliphatic rings. The van der Waals surface area contributed by atoms with Crippen LogP contribution >= 0.6 is 0 Å². The van der Waals surface area contributed by atoms with Crippen LogP contribution in [0.2, 0.25) is 0 Å². The van der Waals surface area contributed by atoms with E-state index in [1.54, 1.807) is 0 Å². The molecule has 6 heteroatoms. The number of rotatable bonds is 9. The molecule has 84 heavy (non-hydrogen) atoms. The molecule has 3 heterocycles. The Hall–Kier alpha value is -9.82. The van der Waals surface area contributed by atoms with Crippen LogP contribution in [0.5, 0.6) is 11.5 Å². The molecule has 12 aromatic carbocycles. The van der Waals surface area contributed by atoms with E-state index in [1.807, 2.05) is 0 Å². The van der Waals surface area contributed by atoms with Crippen molar-refractivity contribution in [2.45, 2.75) is 38.5 Å². The molecule has 0 spiro atoms. The van der Waals surface area contributed by atoms with Gasteiger partial charge in [-0.25, -0.2) is 0 Å². The van der Waals surface area contributed by atoms with Gasteiger partial charge in [0.25, 0.3) is 0 Å². The van der Waals surface area contributed by atoms with Crippen LogP contribution in [0.3, 0.4) is 0 Å². The monoisotopic (exact) mass is 1140 g/mol. The zero-order chi connectivity index (χ0) is 56.1. The van der Waals surface area contributed by atoms with E-state index in [2.05, 4.69) is 326 Å². The Morgan fingerprint density at radius 1 is 0.298 bits per heavy atom. The van der Waals surface area contributed by atoms with Gasteiger partial charge in [-0.15, -0.1) is 0 Å². The first kappa shape index (κ1) is 48.9. The van der Waals surface area contributed by atoms with Crippen LogP contribution in [-0.4, -0.2) is 13.3 Å². The fraction of sp³-hybridized carbons (Fsp3) is 0.0769. The summed E-state index contributed by atoms with van der Waals surface area (Å²) < 4.78 is 12.9. The van der Waals surface area contributed by atoms with Gasteiger partial charge in [-0.2, -0.15) is 0 Å². The molecule has 0 N–H and O–H groups in total. The van der Waals surface area contributed by atoms with Gasteiger partial charge in [0.05, 0.1) is 0 Å². The van der Waals surface area contributed by atoms with Gasteiger partial charge in [0.15, 0.2) is 0 Å². The van der Waals surface area contributed by atoms with E-state index in [4.69, 9.17) is 4.74 Å². The van der Waals surface area contributed by atoms with E-state index >= 15 is 0 Å². The number of ether oxygens (including phenoxy) is 1. The fourth-order valence-corrected chi connectivity index (χ4v) is 27.1. The third-order valence-electron chi connectivity index (χ3n) is 18.9. The summed E-state index contributed by atoms with van der Waals surface area (Å²) in [5.74, 6) is 1.90. The molecule has 1 atom stereocenters. The van der Waals surface area contributed by atoms with Crippen LogP contribution < -0.4 is 41.9 Å². The molecule has 0 aromatic heterocycles. The zero-order valence-electron chi connectivity index (χ0n) is 47.3. The SMILES string of the molecule is CC1(C)c2ccc(N(c3ccccc3)c3ccccc3)cc2-c2cc(N3c4cccc5[c]4[Ge]4([c]6ccccc6)[c]6c(cccc6N(c6ccc7c(c6)-c6ccc(N(c8ccccc8)c8ccccc8)cc6C7(C)C)c6cccc3[c]64)O5)ccc21. The quantitative estimate of drug-likeness (QED) is 0.134. The molecule has 0 amide bonds. The predicted octanol–water partition coefficient (Wildman–Crippen LogP) is 18.3. The van der Waals surface area contributed by atoms with Crippen molar-refractivity contribution in [1.82, 2.24) is 0 Å². The first-order chi connectivity index (χ1) is 41.2. The molecule has 0 saturated carbocycles. The van der Waals surface area contributed by atoms with Crippen LogP contribution in [0.1, 0.15) is 49.9 Å². The Bertz CT molecular complexity index is 4580. The van der Waals surface area contributed by atoms with Gasteiger partial charge >= 0.3 is 400 Å². The topological polar surface area (TPSA) is 22.2 Å². The second kappa shape index (κ2) is 18.1. The summed E-state index contributed by atoms with van der Waals surface area (Å²) in [6.45, 7) is 9.55. The first-order valence-corrected chi connectivity index (χ1v) is 33.5. The number of hydrogen-bond acceptors (Lipinski definition) is 5. The van der Waals surface area contributed by atoms with Crippen LogP contribution in [0.15, 0.2) is 279 Å². The molecule has 3 aliphatic heterocycles. The molecule has 17 rings (SSSR count). The normalized spacial score (nSPS) is 16.1. The van der Waals surface area contributed by atoms with Gasteiger partial charge in [-0.05, 0) is 24.3 Å². The fourth-order valence-electron chi connectivity index (χ4n) is 15.3. The molecule has 400 valence electrons. The van der Waals surface area contributed by atoms with Crippen molar-refractivity contribution in [3.8, 4) is 33.8 Å². The molecule has 5 nitrogen and oxygen atoms in total. The van der Waals surface area contributed by atoms with Crippen molar-refractivity contribution in [2.24, 2.45) is 0 Å². The maximum absolute atomic E-state index is 7.35. The molecule has 0 bridgehead atoms. The molecule has 12 aromatic rings. The van der Waals surface area contributed by atoms with Crippen molar-refractivity contribution in [3.05, 3.63) is 301 Å². The third kappa shape index (κ3) is 6.78. The number of fused-ring (bicyclic) bond motifs is 6. The summed E-state index contributed by atoms with van der Waals surface area (Å²) in [5, 5.41) is 0. The number of nitrogens with zero attached hydrogens (tertiary/aromatic N) is 4. The van der Waals surface area contributed by atoms with Crippen molar-refractivity contribution >= 4 is 99.1 Å². The van der Waals surface area contributed by atoms with E-state index < -0.39 is 13.3 Å². The Balaban J connectivity index is 0.859. The molecule has 0 radical (unpaired) electrons. The Morgan fingerprint density at radius 2 is 0.667 bits per heavy atom. The van der Waals surface area contributed by atoms with Crippen LogP contribution in [0.25, 0.3) is 22.3 Å². The van der Waals surface area contributed by atoms with E-state index in [0.717, 1.165) is 57.0 Å².